The van der Waals surface area contributed by atoms with E-state index in [2.05, 4.69) is 5.32 Å². The average Bonchev–Trinajstić information content (AvgIpc) is 2.85. The van der Waals surface area contributed by atoms with Crippen molar-refractivity contribution >= 4 is 40.9 Å². The number of hydrogen-bond acceptors (Lipinski definition) is 5. The van der Waals surface area contributed by atoms with E-state index < -0.39 is 41.1 Å². The fraction of sp³-hybridized carbons (Fsp3) is 0.423. The Balaban J connectivity index is 1.42. The number of likely N-dealkylation sites (tertiary alicyclic amines) is 1. The maximum atomic E-state index is 13.4. The number of alkyl halides is 3. The number of nitrogens with two attached hydrogens (primary N) is 1. The van der Waals surface area contributed by atoms with Gasteiger partial charge in [0.2, 0.25) is 5.91 Å². The van der Waals surface area contributed by atoms with Crippen LogP contribution in [0.4, 0.5) is 29.3 Å². The number of halogens is 4. The van der Waals surface area contributed by atoms with Gasteiger partial charge in [-0.05, 0) is 67.6 Å². The van der Waals surface area contributed by atoms with Gasteiger partial charge in [0.05, 0.1) is 21.7 Å². The topological polar surface area (TPSA) is 136 Å². The summed E-state index contributed by atoms with van der Waals surface area (Å²) >= 11 is 5.89. The summed E-state index contributed by atoms with van der Waals surface area (Å²) in [7, 11) is 0. The molecule has 4 rings (SSSR count). The van der Waals surface area contributed by atoms with Crippen LogP contribution in [0.25, 0.3) is 0 Å². The number of fused-ring (bicyclic) bond motifs is 1. The number of carboxylic acids is 1. The minimum absolute atomic E-state index is 0.000335. The number of phenols is 1. The highest BCUT2D eigenvalue weighted by Crippen LogP contribution is 2.40. The third kappa shape index (κ3) is 6.00. The zero-order chi connectivity index (χ0) is 28.7. The van der Waals surface area contributed by atoms with Gasteiger partial charge in [-0.2, -0.15) is 13.2 Å². The molecular weight excluding hydrogens is 541 g/mol. The Morgan fingerprint density at radius 3 is 2.46 bits per heavy atom. The Kier molecular flexibility index (Phi) is 7.61. The predicted molar refractivity (Wildman–Crippen MR) is 137 cm³/mol. The fourth-order valence-corrected chi connectivity index (χ4v) is 5.36. The predicted octanol–water partition coefficient (Wildman–Crippen LogP) is 4.71. The first-order valence-corrected chi connectivity index (χ1v) is 12.6. The van der Waals surface area contributed by atoms with Gasteiger partial charge in [-0.1, -0.05) is 11.6 Å². The average molecular weight is 569 g/mol. The van der Waals surface area contributed by atoms with E-state index in [1.807, 2.05) is 0 Å². The Bertz CT molecular complexity index is 1310. The van der Waals surface area contributed by atoms with Gasteiger partial charge < -0.3 is 31.1 Å². The van der Waals surface area contributed by atoms with Gasteiger partial charge in [-0.3, -0.25) is 9.59 Å². The highest BCUT2D eigenvalue weighted by molar-refractivity contribution is 6.33. The smallest absolute Gasteiger partial charge is 0.418 e. The van der Waals surface area contributed by atoms with Crippen LogP contribution in [0.1, 0.15) is 42.9 Å². The van der Waals surface area contributed by atoms with Gasteiger partial charge in [0.25, 0.3) is 0 Å². The van der Waals surface area contributed by atoms with Crippen LogP contribution in [0.5, 0.6) is 5.75 Å². The van der Waals surface area contributed by atoms with Gasteiger partial charge in [0, 0.05) is 37.8 Å². The number of benzene rings is 2. The summed E-state index contributed by atoms with van der Waals surface area (Å²) in [6.45, 7) is 2.17. The van der Waals surface area contributed by atoms with Crippen molar-refractivity contribution < 1.29 is 37.8 Å². The minimum Gasteiger partial charge on any atom is -0.508 e. The Hall–Kier alpha value is -3.67. The standard InChI is InChI=1S/C26H28ClF3N4O5/c1-25(23(37)38,11-14-8-18(26(28,29)30)22(31)19(27)9-14)12-21(36)33-6-4-16(5-7-33)34-13-15-10-17(35)2-3-20(15)32-24(34)39/h2-3,8-10,16,35H,4-7,11-13,31H2,1H3,(H,32,39)(H,37,38). The second-order valence-corrected chi connectivity index (χ2v) is 10.7. The summed E-state index contributed by atoms with van der Waals surface area (Å²) in [6.07, 6.45) is -4.67. The number of phenolic OH excluding ortho intramolecular Hbond substituents is 1. The SMILES string of the molecule is CC(CC(=O)N1CCC(N2Cc3cc(O)ccc3NC2=O)CC1)(Cc1cc(Cl)c(N)c(C(F)(F)F)c1)C(=O)O. The lowest BCUT2D eigenvalue weighted by Gasteiger charge is -2.41. The number of nitrogens with zero attached hydrogens (tertiary/aromatic N) is 2. The molecule has 9 nitrogen and oxygen atoms in total. The molecule has 2 heterocycles. The first-order valence-electron chi connectivity index (χ1n) is 12.2. The molecule has 210 valence electrons. The van der Waals surface area contributed by atoms with E-state index in [4.69, 9.17) is 17.3 Å². The summed E-state index contributed by atoms with van der Waals surface area (Å²) in [5.41, 5.74) is 3.36. The molecule has 2 aromatic rings. The largest absolute Gasteiger partial charge is 0.508 e. The first-order chi connectivity index (χ1) is 18.2. The van der Waals surface area contributed by atoms with Gasteiger partial charge in [-0.25, -0.2) is 4.79 Å². The quantitative estimate of drug-likeness (QED) is 0.294. The van der Waals surface area contributed by atoms with Crippen LogP contribution in [-0.2, 0) is 28.7 Å². The van der Waals surface area contributed by atoms with E-state index in [0.29, 0.717) is 25.1 Å². The molecule has 2 aliphatic rings. The number of piperidine rings is 1. The van der Waals surface area contributed by atoms with E-state index in [1.165, 1.54) is 24.0 Å². The molecule has 1 saturated heterocycles. The van der Waals surface area contributed by atoms with Crippen molar-refractivity contribution in [1.82, 2.24) is 9.80 Å². The maximum absolute atomic E-state index is 13.4. The van der Waals surface area contributed by atoms with E-state index in [-0.39, 0.29) is 47.9 Å². The Morgan fingerprint density at radius 1 is 1.18 bits per heavy atom. The van der Waals surface area contributed by atoms with Crippen LogP contribution in [-0.4, -0.2) is 57.1 Å². The second-order valence-electron chi connectivity index (χ2n) is 10.3. The number of rotatable bonds is 6. The number of nitrogens with one attached hydrogen (secondary N) is 1. The molecule has 0 saturated carbocycles. The monoisotopic (exact) mass is 568 g/mol. The summed E-state index contributed by atoms with van der Waals surface area (Å²) < 4.78 is 40.1. The number of amides is 3. The van der Waals surface area contributed by atoms with Crippen molar-refractivity contribution in [2.45, 2.75) is 51.4 Å². The van der Waals surface area contributed by atoms with Crippen molar-refractivity contribution in [3.63, 3.8) is 0 Å². The van der Waals surface area contributed by atoms with Crippen molar-refractivity contribution in [3.8, 4) is 5.75 Å². The molecule has 3 amide bonds. The highest BCUT2D eigenvalue weighted by Gasteiger charge is 2.40. The number of urea groups is 1. The lowest BCUT2D eigenvalue weighted by molar-refractivity contribution is -0.153. The number of hydrogen-bond donors (Lipinski definition) is 4. The van der Waals surface area contributed by atoms with Crippen molar-refractivity contribution in [3.05, 3.63) is 52.0 Å². The molecule has 1 atom stereocenters. The van der Waals surface area contributed by atoms with E-state index in [1.54, 1.807) is 17.0 Å². The molecule has 0 spiro atoms. The summed E-state index contributed by atoms with van der Waals surface area (Å²) in [6, 6.07) is 6.19. The molecule has 0 bridgehead atoms. The van der Waals surface area contributed by atoms with Crippen LogP contribution < -0.4 is 11.1 Å². The number of aliphatic carboxylic acids is 1. The minimum atomic E-state index is -4.78. The van der Waals surface area contributed by atoms with Crippen LogP contribution in [0.3, 0.4) is 0 Å². The third-order valence-corrected chi connectivity index (χ3v) is 7.65. The maximum Gasteiger partial charge on any atom is 0.418 e. The van der Waals surface area contributed by atoms with Gasteiger partial charge in [0.15, 0.2) is 0 Å². The number of nitrogen functional groups attached to an aromatic ring is 1. The number of carboxylic acid groups (broad SMARTS) is 1. The molecule has 2 aliphatic heterocycles. The summed E-state index contributed by atoms with van der Waals surface area (Å²) in [5, 5.41) is 22.1. The zero-order valence-corrected chi connectivity index (χ0v) is 21.8. The molecule has 5 N–H and O–H groups in total. The van der Waals surface area contributed by atoms with Crippen molar-refractivity contribution in [2.24, 2.45) is 5.41 Å². The molecule has 13 heteroatoms. The number of anilines is 2. The van der Waals surface area contributed by atoms with Gasteiger partial charge >= 0.3 is 18.2 Å². The third-order valence-electron chi connectivity index (χ3n) is 7.34. The van der Waals surface area contributed by atoms with Crippen LogP contribution in [0.15, 0.2) is 30.3 Å². The molecule has 0 aliphatic carbocycles. The fourth-order valence-electron chi connectivity index (χ4n) is 5.12. The number of carbonyl (C=O) groups is 3. The molecule has 0 radical (unpaired) electrons. The normalized spacial score (nSPS) is 17.8. The summed E-state index contributed by atoms with van der Waals surface area (Å²) in [5.74, 6) is -1.70. The highest BCUT2D eigenvalue weighted by atomic mass is 35.5. The lowest BCUT2D eigenvalue weighted by Crippen LogP contribution is -2.51. The van der Waals surface area contributed by atoms with E-state index in [9.17, 15) is 37.8 Å². The van der Waals surface area contributed by atoms with Gasteiger partial charge in [-0.15, -0.1) is 0 Å². The molecule has 1 unspecified atom stereocenters. The van der Waals surface area contributed by atoms with Crippen LogP contribution >= 0.6 is 11.6 Å². The zero-order valence-electron chi connectivity index (χ0n) is 21.0. The number of aromatic hydroxyl groups is 1. The molecular formula is C26H28ClF3N4O5. The van der Waals surface area contributed by atoms with Crippen LogP contribution in [0.2, 0.25) is 5.02 Å². The van der Waals surface area contributed by atoms with E-state index in [0.717, 1.165) is 11.6 Å². The molecule has 0 aromatic heterocycles. The Morgan fingerprint density at radius 2 is 1.85 bits per heavy atom. The van der Waals surface area contributed by atoms with Gasteiger partial charge in [0.1, 0.15) is 5.75 Å². The van der Waals surface area contributed by atoms with Crippen molar-refractivity contribution in [1.29, 1.82) is 0 Å². The second kappa shape index (κ2) is 10.5. The molecule has 2 aromatic carbocycles. The first kappa shape index (κ1) is 28.3. The molecule has 39 heavy (non-hydrogen) atoms. The van der Waals surface area contributed by atoms with Crippen LogP contribution in [0, 0.1) is 5.41 Å². The lowest BCUT2D eigenvalue weighted by atomic mass is 9.79. The molecule has 1 fully saturated rings. The van der Waals surface area contributed by atoms with Crippen molar-refractivity contribution in [2.75, 3.05) is 24.1 Å². The number of carbonyl (C=O) groups excluding carboxylic acids is 2. The van der Waals surface area contributed by atoms with E-state index >= 15 is 0 Å². The Labute approximate surface area is 227 Å². The summed E-state index contributed by atoms with van der Waals surface area (Å²) in [4.78, 5) is 41.1.